The fraction of sp³-hybridized carbons (Fsp3) is 0.238. The summed E-state index contributed by atoms with van der Waals surface area (Å²) in [6, 6.07) is 6.82. The second-order valence-electron chi connectivity index (χ2n) is 8.02. The Morgan fingerprint density at radius 1 is 1.14 bits per heavy atom. The highest BCUT2D eigenvalue weighted by Crippen LogP contribution is 2.43. The molecule has 0 radical (unpaired) electrons. The van der Waals surface area contributed by atoms with Crippen molar-refractivity contribution in [2.24, 2.45) is 11.1 Å². The predicted octanol–water partition coefficient (Wildman–Crippen LogP) is 3.88. The van der Waals surface area contributed by atoms with Crippen molar-refractivity contribution in [3.8, 4) is 11.1 Å². The monoisotopic (exact) mass is 383 g/mol. The van der Waals surface area contributed by atoms with E-state index in [4.69, 9.17) is 11.5 Å². The number of fused-ring (bicyclic) bond motifs is 3. The van der Waals surface area contributed by atoms with E-state index in [9.17, 15) is 18.4 Å². The predicted molar refractivity (Wildman–Crippen MR) is 103 cm³/mol. The highest BCUT2D eigenvalue weighted by Gasteiger charge is 2.35. The first-order chi connectivity index (χ1) is 13.1. The molecule has 3 aromatic rings. The molecule has 0 atom stereocenters. The van der Waals surface area contributed by atoms with Crippen molar-refractivity contribution < 1.29 is 18.4 Å². The summed E-state index contributed by atoms with van der Waals surface area (Å²) in [6.07, 6.45) is 0.861. The second-order valence-corrected chi connectivity index (χ2v) is 8.02. The quantitative estimate of drug-likeness (QED) is 0.658. The average molecular weight is 383 g/mol. The van der Waals surface area contributed by atoms with Crippen LogP contribution in [0.2, 0.25) is 0 Å². The Hall–Kier alpha value is -3.22. The third-order valence-corrected chi connectivity index (χ3v) is 5.21. The van der Waals surface area contributed by atoms with Gasteiger partial charge in [-0.2, -0.15) is 0 Å². The summed E-state index contributed by atoms with van der Waals surface area (Å²) in [5.41, 5.74) is 12.5. The number of primary amides is 1. The van der Waals surface area contributed by atoms with Crippen molar-refractivity contribution >= 4 is 28.4 Å². The molecule has 1 aliphatic heterocycles. The Morgan fingerprint density at radius 2 is 1.86 bits per heavy atom. The molecule has 1 aliphatic rings. The first-order valence-corrected chi connectivity index (χ1v) is 8.84. The van der Waals surface area contributed by atoms with Crippen molar-refractivity contribution in [3.05, 3.63) is 53.2 Å². The number of rotatable bonds is 2. The lowest BCUT2D eigenvalue weighted by molar-refractivity contribution is 0.0816. The van der Waals surface area contributed by atoms with Crippen LogP contribution in [0.1, 0.15) is 41.1 Å². The van der Waals surface area contributed by atoms with Crippen molar-refractivity contribution in [3.63, 3.8) is 0 Å². The fourth-order valence-corrected chi connectivity index (χ4v) is 4.12. The van der Waals surface area contributed by atoms with Crippen LogP contribution in [0.25, 0.3) is 22.0 Å². The van der Waals surface area contributed by atoms with Crippen LogP contribution in [-0.2, 0) is 6.42 Å². The minimum Gasteiger partial charge on any atom is -0.398 e. The molecule has 0 bridgehead atoms. The van der Waals surface area contributed by atoms with Gasteiger partial charge in [0, 0.05) is 28.8 Å². The number of nitrogens with zero attached hydrogens (tertiary/aromatic N) is 1. The highest BCUT2D eigenvalue weighted by molar-refractivity contribution is 6.06. The molecule has 0 fully saturated rings. The van der Waals surface area contributed by atoms with Gasteiger partial charge in [-0.25, -0.2) is 8.78 Å². The molecule has 28 heavy (non-hydrogen) atoms. The van der Waals surface area contributed by atoms with E-state index < -0.39 is 17.5 Å². The molecule has 5 nitrogen and oxygen atoms in total. The van der Waals surface area contributed by atoms with Crippen molar-refractivity contribution in [1.82, 2.24) is 4.57 Å². The molecule has 144 valence electrons. The molecule has 0 saturated carbocycles. The zero-order valence-electron chi connectivity index (χ0n) is 15.5. The number of carbonyl (C=O) groups excluding carboxylic acids is 2. The molecule has 4 N–H and O–H groups in total. The number of hydrogen-bond donors (Lipinski definition) is 2. The average Bonchev–Trinajstić information content (AvgIpc) is 2.85. The molecule has 2 aromatic carbocycles. The summed E-state index contributed by atoms with van der Waals surface area (Å²) in [5.74, 6) is -2.40. The van der Waals surface area contributed by atoms with Gasteiger partial charge >= 0.3 is 0 Å². The number of halogens is 2. The van der Waals surface area contributed by atoms with Crippen molar-refractivity contribution in [1.29, 1.82) is 0 Å². The number of benzene rings is 2. The van der Waals surface area contributed by atoms with E-state index in [1.54, 1.807) is 6.07 Å². The van der Waals surface area contributed by atoms with E-state index in [0.717, 1.165) is 0 Å². The maximum absolute atomic E-state index is 14.6. The standard InChI is InChI=1S/C21H19F2N3O2/c1-21(2)8-16-18(10-5-13(23)19(20(25)28)14(24)6-10)12-4-3-11(22)7-15(12)26(16)17(27)9-21/h3-7H,8-9,24H2,1-2H3,(H2,25,28). The maximum atomic E-state index is 14.6. The summed E-state index contributed by atoms with van der Waals surface area (Å²) in [7, 11) is 0. The molecule has 0 spiro atoms. The van der Waals surface area contributed by atoms with E-state index in [1.807, 2.05) is 13.8 Å². The van der Waals surface area contributed by atoms with E-state index in [1.165, 1.54) is 28.8 Å². The molecule has 0 aliphatic carbocycles. The van der Waals surface area contributed by atoms with Gasteiger partial charge < -0.3 is 11.5 Å². The Balaban J connectivity index is 2.09. The minimum absolute atomic E-state index is 0.0842. The Morgan fingerprint density at radius 3 is 2.50 bits per heavy atom. The van der Waals surface area contributed by atoms with Crippen LogP contribution in [0.5, 0.6) is 0 Å². The van der Waals surface area contributed by atoms with Crippen LogP contribution in [-0.4, -0.2) is 16.4 Å². The number of amides is 1. The smallest absolute Gasteiger partial charge is 0.253 e. The van der Waals surface area contributed by atoms with Gasteiger partial charge in [-0.3, -0.25) is 14.2 Å². The summed E-state index contributed by atoms with van der Waals surface area (Å²) in [6.45, 7) is 3.95. The maximum Gasteiger partial charge on any atom is 0.253 e. The molecule has 7 heteroatoms. The fourth-order valence-electron chi connectivity index (χ4n) is 4.12. The molecule has 0 saturated heterocycles. The Kier molecular flexibility index (Phi) is 3.82. The summed E-state index contributed by atoms with van der Waals surface area (Å²) in [4.78, 5) is 24.3. The molecular formula is C21H19F2N3O2. The van der Waals surface area contributed by atoms with Gasteiger partial charge in [0.15, 0.2) is 0 Å². The normalized spacial score (nSPS) is 15.6. The van der Waals surface area contributed by atoms with E-state index in [-0.39, 0.29) is 22.6 Å². The van der Waals surface area contributed by atoms with Gasteiger partial charge in [-0.05, 0) is 47.7 Å². The number of nitrogen functional groups attached to an aromatic ring is 1. The SMILES string of the molecule is CC1(C)CC(=O)n2c(c(-c3cc(N)c(C(N)=O)c(F)c3)c3ccc(F)cc32)C1. The van der Waals surface area contributed by atoms with E-state index >= 15 is 0 Å². The van der Waals surface area contributed by atoms with Gasteiger partial charge in [0.1, 0.15) is 11.6 Å². The summed E-state index contributed by atoms with van der Waals surface area (Å²) < 4.78 is 30.0. The van der Waals surface area contributed by atoms with Crippen LogP contribution in [0, 0.1) is 17.0 Å². The topological polar surface area (TPSA) is 91.1 Å². The van der Waals surface area contributed by atoms with Gasteiger partial charge in [0.25, 0.3) is 5.91 Å². The van der Waals surface area contributed by atoms with Crippen LogP contribution >= 0.6 is 0 Å². The van der Waals surface area contributed by atoms with Crippen LogP contribution in [0.4, 0.5) is 14.5 Å². The number of nitrogens with two attached hydrogens (primary N) is 2. The molecule has 4 rings (SSSR count). The van der Waals surface area contributed by atoms with Crippen LogP contribution in [0.15, 0.2) is 30.3 Å². The lowest BCUT2D eigenvalue weighted by Gasteiger charge is -2.30. The van der Waals surface area contributed by atoms with Crippen molar-refractivity contribution in [2.45, 2.75) is 26.7 Å². The lowest BCUT2D eigenvalue weighted by Crippen LogP contribution is -2.31. The van der Waals surface area contributed by atoms with Crippen molar-refractivity contribution in [2.75, 3.05) is 5.73 Å². The largest absolute Gasteiger partial charge is 0.398 e. The summed E-state index contributed by atoms with van der Waals surface area (Å²) in [5, 5.41) is 0.619. The Bertz CT molecular complexity index is 1160. The number of hydrogen-bond acceptors (Lipinski definition) is 3. The van der Waals surface area contributed by atoms with Crippen LogP contribution < -0.4 is 11.5 Å². The first-order valence-electron chi connectivity index (χ1n) is 8.84. The first kappa shape index (κ1) is 18.2. The molecule has 0 unspecified atom stereocenters. The third-order valence-electron chi connectivity index (χ3n) is 5.21. The molecule has 2 heterocycles. The van der Waals surface area contributed by atoms with Crippen LogP contribution in [0.3, 0.4) is 0 Å². The molecule has 1 aromatic heterocycles. The highest BCUT2D eigenvalue weighted by atomic mass is 19.1. The Labute approximate surface area is 159 Å². The van der Waals surface area contributed by atoms with Gasteiger partial charge in [0.2, 0.25) is 5.91 Å². The van der Waals surface area contributed by atoms with Gasteiger partial charge in [-0.1, -0.05) is 13.8 Å². The van der Waals surface area contributed by atoms with Gasteiger partial charge in [-0.15, -0.1) is 0 Å². The molecular weight excluding hydrogens is 364 g/mol. The number of carbonyl (C=O) groups is 2. The van der Waals surface area contributed by atoms with Gasteiger partial charge in [0.05, 0.1) is 11.1 Å². The second kappa shape index (κ2) is 5.89. The summed E-state index contributed by atoms with van der Waals surface area (Å²) >= 11 is 0. The number of anilines is 1. The zero-order valence-corrected chi connectivity index (χ0v) is 15.5. The zero-order chi connectivity index (χ0) is 20.4. The third kappa shape index (κ3) is 2.66. The number of aromatic nitrogens is 1. The van der Waals surface area contributed by atoms with E-state index in [0.29, 0.717) is 40.6 Å². The minimum atomic E-state index is -0.955. The lowest BCUT2D eigenvalue weighted by atomic mass is 9.80. The molecule has 1 amide bonds. The van der Waals surface area contributed by atoms with E-state index in [2.05, 4.69) is 0 Å².